The highest BCUT2D eigenvalue weighted by atomic mass is 16.4. The molecule has 110 valence electrons. The zero-order valence-electron chi connectivity index (χ0n) is 11.5. The van der Waals surface area contributed by atoms with Crippen molar-refractivity contribution in [2.24, 2.45) is 5.92 Å². The van der Waals surface area contributed by atoms with Crippen molar-refractivity contribution in [3.63, 3.8) is 0 Å². The lowest BCUT2D eigenvalue weighted by atomic mass is 9.98. The second-order valence-electron chi connectivity index (χ2n) is 5.04. The maximum Gasteiger partial charge on any atom is 0.326 e. The van der Waals surface area contributed by atoms with E-state index in [-0.39, 0.29) is 19.1 Å². The van der Waals surface area contributed by atoms with E-state index < -0.39 is 12.0 Å². The largest absolute Gasteiger partial charge is 0.480 e. The minimum atomic E-state index is -1.11. The molecule has 1 saturated heterocycles. The topological polar surface area (TPSA) is 89.9 Å². The van der Waals surface area contributed by atoms with Crippen LogP contribution in [0, 0.1) is 5.92 Å². The van der Waals surface area contributed by atoms with Crippen molar-refractivity contribution >= 4 is 12.0 Å². The van der Waals surface area contributed by atoms with E-state index in [1.807, 2.05) is 0 Å². The van der Waals surface area contributed by atoms with Crippen LogP contribution in [0.5, 0.6) is 0 Å². The van der Waals surface area contributed by atoms with Crippen LogP contribution in [-0.4, -0.2) is 52.9 Å². The average Bonchev–Trinajstić information content (AvgIpc) is 2.63. The quantitative estimate of drug-likeness (QED) is 0.697. The van der Waals surface area contributed by atoms with Crippen molar-refractivity contribution in [1.82, 2.24) is 10.2 Å². The Balaban J connectivity index is 2.49. The fourth-order valence-corrected chi connectivity index (χ4v) is 2.40. The van der Waals surface area contributed by atoms with Gasteiger partial charge in [-0.15, -0.1) is 0 Å². The number of carboxylic acid groups (broad SMARTS) is 1. The molecule has 1 aliphatic rings. The van der Waals surface area contributed by atoms with Gasteiger partial charge in [0.05, 0.1) is 0 Å². The fourth-order valence-electron chi connectivity index (χ4n) is 2.40. The summed E-state index contributed by atoms with van der Waals surface area (Å²) in [6.07, 6.45) is 4.22. The van der Waals surface area contributed by atoms with E-state index in [9.17, 15) is 9.59 Å². The van der Waals surface area contributed by atoms with Gasteiger partial charge in [0.15, 0.2) is 0 Å². The molecule has 2 atom stereocenters. The van der Waals surface area contributed by atoms with E-state index >= 15 is 0 Å². The third kappa shape index (κ3) is 5.06. The highest BCUT2D eigenvalue weighted by Gasteiger charge is 2.24. The highest BCUT2D eigenvalue weighted by molar-refractivity contribution is 5.82. The number of hydrogen-bond donors (Lipinski definition) is 3. The third-order valence-electron chi connectivity index (χ3n) is 3.73. The number of carboxylic acids is 1. The van der Waals surface area contributed by atoms with Crippen molar-refractivity contribution in [3.8, 4) is 0 Å². The Morgan fingerprint density at radius 1 is 1.37 bits per heavy atom. The zero-order chi connectivity index (χ0) is 14.3. The molecule has 6 nitrogen and oxygen atoms in total. The Morgan fingerprint density at radius 3 is 2.68 bits per heavy atom. The molecule has 0 saturated carbocycles. The lowest BCUT2D eigenvalue weighted by Crippen LogP contribution is -2.48. The smallest absolute Gasteiger partial charge is 0.326 e. The Labute approximate surface area is 113 Å². The number of rotatable bonds is 5. The van der Waals surface area contributed by atoms with Gasteiger partial charge in [-0.2, -0.15) is 0 Å². The van der Waals surface area contributed by atoms with Crippen LogP contribution in [-0.2, 0) is 4.79 Å². The van der Waals surface area contributed by atoms with Crippen molar-refractivity contribution in [3.05, 3.63) is 0 Å². The number of aliphatic carboxylic acids is 1. The normalized spacial score (nSPS) is 21.6. The summed E-state index contributed by atoms with van der Waals surface area (Å²) in [6, 6.07) is -1.35. The second-order valence-corrected chi connectivity index (χ2v) is 5.04. The van der Waals surface area contributed by atoms with Gasteiger partial charge in [0, 0.05) is 26.1 Å². The molecule has 0 aliphatic carbocycles. The molecule has 2 amide bonds. The van der Waals surface area contributed by atoms with Crippen molar-refractivity contribution in [2.45, 2.75) is 45.1 Å². The van der Waals surface area contributed by atoms with Gasteiger partial charge in [0.2, 0.25) is 0 Å². The molecule has 0 bridgehead atoms. The van der Waals surface area contributed by atoms with E-state index in [1.54, 1.807) is 4.90 Å². The molecule has 0 spiro atoms. The standard InChI is InChI=1S/C13H24N2O4/c1-2-10-4-3-7-15(8-5-10)13(19)14-11(6-9-16)12(17)18/h10-11,16H,2-9H2,1H3,(H,14,19)(H,17,18)/t10?,11-/m1/s1. The highest BCUT2D eigenvalue weighted by Crippen LogP contribution is 2.20. The van der Waals surface area contributed by atoms with Gasteiger partial charge in [-0.1, -0.05) is 13.3 Å². The lowest BCUT2D eigenvalue weighted by molar-refractivity contribution is -0.139. The average molecular weight is 272 g/mol. The Bertz CT molecular complexity index is 309. The van der Waals surface area contributed by atoms with E-state index in [2.05, 4.69) is 12.2 Å². The van der Waals surface area contributed by atoms with E-state index in [1.165, 1.54) is 0 Å². The predicted octanol–water partition coefficient (Wildman–Crippen LogP) is 1.04. The van der Waals surface area contributed by atoms with Crippen molar-refractivity contribution in [1.29, 1.82) is 0 Å². The van der Waals surface area contributed by atoms with Crippen LogP contribution in [0.15, 0.2) is 0 Å². The molecule has 1 unspecified atom stereocenters. The minimum absolute atomic E-state index is 0.0342. The second kappa shape index (κ2) is 7.99. The maximum atomic E-state index is 12.0. The van der Waals surface area contributed by atoms with Gasteiger partial charge >= 0.3 is 12.0 Å². The molecule has 0 aromatic carbocycles. The fraction of sp³-hybridized carbons (Fsp3) is 0.846. The molecular formula is C13H24N2O4. The molecule has 0 aromatic rings. The van der Waals surface area contributed by atoms with Crippen LogP contribution in [0.1, 0.15) is 39.0 Å². The molecule has 0 aromatic heterocycles. The maximum absolute atomic E-state index is 12.0. The molecule has 1 rings (SSSR count). The van der Waals surface area contributed by atoms with Crippen LogP contribution in [0.2, 0.25) is 0 Å². The molecule has 1 aliphatic heterocycles. The summed E-state index contributed by atoms with van der Waals surface area (Å²) in [5, 5.41) is 20.2. The van der Waals surface area contributed by atoms with Crippen LogP contribution < -0.4 is 5.32 Å². The first-order valence-corrected chi connectivity index (χ1v) is 6.97. The first kappa shape index (κ1) is 15.8. The Morgan fingerprint density at radius 2 is 2.11 bits per heavy atom. The number of nitrogens with zero attached hydrogens (tertiary/aromatic N) is 1. The van der Waals surface area contributed by atoms with Gasteiger partial charge in [0.1, 0.15) is 6.04 Å². The summed E-state index contributed by atoms with van der Waals surface area (Å²) in [6.45, 7) is 3.25. The van der Waals surface area contributed by atoms with Crippen LogP contribution >= 0.6 is 0 Å². The number of amides is 2. The summed E-state index contributed by atoms with van der Waals surface area (Å²) in [4.78, 5) is 24.6. The third-order valence-corrected chi connectivity index (χ3v) is 3.73. The monoisotopic (exact) mass is 272 g/mol. The molecule has 6 heteroatoms. The summed E-state index contributed by atoms with van der Waals surface area (Å²) in [5.41, 5.74) is 0. The van der Waals surface area contributed by atoms with Crippen LogP contribution in [0.3, 0.4) is 0 Å². The number of carbonyl (C=O) groups excluding carboxylic acids is 1. The first-order valence-electron chi connectivity index (χ1n) is 6.97. The Kier molecular flexibility index (Phi) is 6.62. The van der Waals surface area contributed by atoms with Crippen LogP contribution in [0.25, 0.3) is 0 Å². The SMILES string of the molecule is CCC1CCCN(C(=O)N[C@H](CCO)C(=O)O)CC1. The minimum Gasteiger partial charge on any atom is -0.480 e. The van der Waals surface area contributed by atoms with Gasteiger partial charge in [-0.25, -0.2) is 9.59 Å². The van der Waals surface area contributed by atoms with Gasteiger partial charge in [-0.3, -0.25) is 0 Å². The number of nitrogens with one attached hydrogen (secondary N) is 1. The Hall–Kier alpha value is -1.30. The number of aliphatic hydroxyl groups is 1. The first-order chi connectivity index (χ1) is 9.08. The van der Waals surface area contributed by atoms with Crippen LogP contribution in [0.4, 0.5) is 4.79 Å². The lowest BCUT2D eigenvalue weighted by Gasteiger charge is -2.23. The summed E-state index contributed by atoms with van der Waals surface area (Å²) < 4.78 is 0. The zero-order valence-corrected chi connectivity index (χ0v) is 11.5. The number of urea groups is 1. The number of likely N-dealkylation sites (tertiary alicyclic amines) is 1. The number of aliphatic hydroxyl groups excluding tert-OH is 1. The van der Waals surface area contributed by atoms with Crippen molar-refractivity contribution in [2.75, 3.05) is 19.7 Å². The molecule has 1 heterocycles. The summed E-state index contributed by atoms with van der Waals surface area (Å²) in [7, 11) is 0. The number of carbonyl (C=O) groups is 2. The molecular weight excluding hydrogens is 248 g/mol. The van der Waals surface area contributed by atoms with Gasteiger partial charge < -0.3 is 20.4 Å². The predicted molar refractivity (Wildman–Crippen MR) is 70.9 cm³/mol. The van der Waals surface area contributed by atoms with Gasteiger partial charge in [-0.05, 0) is 25.2 Å². The summed E-state index contributed by atoms with van der Waals surface area (Å²) in [5.74, 6) is -0.450. The van der Waals surface area contributed by atoms with E-state index in [0.717, 1.165) is 25.7 Å². The number of hydrogen-bond acceptors (Lipinski definition) is 3. The summed E-state index contributed by atoms with van der Waals surface area (Å²) >= 11 is 0. The van der Waals surface area contributed by atoms with E-state index in [4.69, 9.17) is 10.2 Å². The molecule has 3 N–H and O–H groups in total. The van der Waals surface area contributed by atoms with Gasteiger partial charge in [0.25, 0.3) is 0 Å². The molecule has 19 heavy (non-hydrogen) atoms. The van der Waals surface area contributed by atoms with Crippen molar-refractivity contribution < 1.29 is 19.8 Å². The molecule has 1 fully saturated rings. The van der Waals surface area contributed by atoms with E-state index in [0.29, 0.717) is 19.0 Å². The molecule has 0 radical (unpaired) electrons.